The standard InChI is InChI=1S/C21H20N4O3S/c22-14-6-7-16-18(12-14)29(27)13-17-19(21(26)24-8-10-28-11-9-24)23-25(20(16)17)15-4-2-1-3-5-15/h1-7,12H,8-11,13,22H2. The quantitative estimate of drug-likeness (QED) is 0.518. The summed E-state index contributed by atoms with van der Waals surface area (Å²) in [4.78, 5) is 15.7. The first-order valence-electron chi connectivity index (χ1n) is 9.46. The van der Waals surface area contributed by atoms with Crippen LogP contribution < -0.4 is 5.73 Å². The molecule has 0 spiro atoms. The van der Waals surface area contributed by atoms with Crippen LogP contribution in [-0.4, -0.2) is 51.4 Å². The van der Waals surface area contributed by atoms with Crippen LogP contribution in [0.25, 0.3) is 16.9 Å². The van der Waals surface area contributed by atoms with Crippen molar-refractivity contribution in [2.24, 2.45) is 0 Å². The molecule has 2 aliphatic heterocycles. The summed E-state index contributed by atoms with van der Waals surface area (Å²) in [6, 6.07) is 15.1. The number of amides is 1. The van der Waals surface area contributed by atoms with E-state index in [-0.39, 0.29) is 11.7 Å². The molecule has 2 aliphatic rings. The van der Waals surface area contributed by atoms with Crippen LogP contribution in [0.5, 0.6) is 0 Å². The lowest BCUT2D eigenvalue weighted by Gasteiger charge is -2.26. The summed E-state index contributed by atoms with van der Waals surface area (Å²) in [5.74, 6) is 0.0967. The largest absolute Gasteiger partial charge is 0.611 e. The molecular weight excluding hydrogens is 388 g/mol. The van der Waals surface area contributed by atoms with E-state index in [2.05, 4.69) is 0 Å². The number of fused-ring (bicyclic) bond motifs is 3. The summed E-state index contributed by atoms with van der Waals surface area (Å²) in [5, 5.41) is 4.71. The highest BCUT2D eigenvalue weighted by molar-refractivity contribution is 7.90. The molecule has 1 amide bonds. The van der Waals surface area contributed by atoms with Crippen molar-refractivity contribution < 1.29 is 14.1 Å². The summed E-state index contributed by atoms with van der Waals surface area (Å²) in [7, 11) is 0. The molecule has 2 aromatic carbocycles. The molecular formula is C21H20N4O3S. The number of aromatic nitrogens is 2. The van der Waals surface area contributed by atoms with E-state index in [1.807, 2.05) is 36.4 Å². The van der Waals surface area contributed by atoms with Crippen molar-refractivity contribution >= 4 is 22.8 Å². The average molecular weight is 408 g/mol. The minimum absolute atomic E-state index is 0.143. The number of benzene rings is 2. The van der Waals surface area contributed by atoms with Crippen LogP contribution in [0.3, 0.4) is 0 Å². The second kappa shape index (κ2) is 7.22. The SMILES string of the molecule is Nc1ccc2c(c1)[S+]([O-])Cc1c(C(=O)N3CCOCC3)nn(-c3ccccc3)c1-2. The van der Waals surface area contributed by atoms with Crippen molar-refractivity contribution in [3.05, 3.63) is 59.8 Å². The van der Waals surface area contributed by atoms with Gasteiger partial charge in [-0.3, -0.25) is 4.79 Å². The van der Waals surface area contributed by atoms with E-state index < -0.39 is 11.2 Å². The number of rotatable bonds is 2. The van der Waals surface area contributed by atoms with Crippen molar-refractivity contribution in [2.45, 2.75) is 10.6 Å². The van der Waals surface area contributed by atoms with Crippen LogP contribution in [0.2, 0.25) is 0 Å². The smallest absolute Gasteiger partial charge is 0.275 e. The lowest BCUT2D eigenvalue weighted by Crippen LogP contribution is -2.41. The molecule has 7 nitrogen and oxygen atoms in total. The van der Waals surface area contributed by atoms with Gasteiger partial charge in [-0.2, -0.15) is 5.10 Å². The Labute approximate surface area is 171 Å². The number of morpholine rings is 1. The molecule has 1 fully saturated rings. The van der Waals surface area contributed by atoms with Gasteiger partial charge in [0.15, 0.2) is 10.6 Å². The van der Waals surface area contributed by atoms with Gasteiger partial charge in [0.2, 0.25) is 0 Å². The highest BCUT2D eigenvalue weighted by atomic mass is 32.2. The number of nitrogens with zero attached hydrogens (tertiary/aromatic N) is 3. The van der Waals surface area contributed by atoms with Gasteiger partial charge in [-0.15, -0.1) is 0 Å². The first-order valence-corrected chi connectivity index (χ1v) is 10.8. The van der Waals surface area contributed by atoms with E-state index in [9.17, 15) is 9.35 Å². The molecule has 2 N–H and O–H groups in total. The molecule has 1 unspecified atom stereocenters. The first-order chi connectivity index (χ1) is 14.1. The van der Waals surface area contributed by atoms with E-state index in [0.717, 1.165) is 22.5 Å². The predicted molar refractivity (Wildman–Crippen MR) is 110 cm³/mol. The average Bonchev–Trinajstić information content (AvgIpc) is 3.14. The van der Waals surface area contributed by atoms with Crippen LogP contribution in [-0.2, 0) is 21.7 Å². The maximum atomic E-state index is 13.3. The fraction of sp³-hybridized carbons (Fsp3) is 0.238. The third kappa shape index (κ3) is 3.09. The topological polar surface area (TPSA) is 96.4 Å². The van der Waals surface area contributed by atoms with Crippen LogP contribution in [0.15, 0.2) is 53.4 Å². The third-order valence-electron chi connectivity index (χ3n) is 5.27. The maximum absolute atomic E-state index is 13.3. The number of carbonyl (C=O) groups excluding carboxylic acids is 1. The Morgan fingerprint density at radius 3 is 2.66 bits per heavy atom. The highest BCUT2D eigenvalue weighted by Crippen LogP contribution is 2.41. The van der Waals surface area contributed by atoms with E-state index >= 15 is 0 Å². The summed E-state index contributed by atoms with van der Waals surface area (Å²) in [5.41, 5.74) is 10.0. The number of nitrogens with two attached hydrogens (primary N) is 1. The molecule has 0 saturated carbocycles. The summed E-state index contributed by atoms with van der Waals surface area (Å²) < 4.78 is 20.1. The van der Waals surface area contributed by atoms with Crippen LogP contribution >= 0.6 is 0 Å². The number of anilines is 1. The molecule has 8 heteroatoms. The minimum atomic E-state index is -1.29. The normalized spacial score (nSPS) is 18.2. The molecule has 0 radical (unpaired) electrons. The second-order valence-electron chi connectivity index (χ2n) is 7.07. The molecule has 3 heterocycles. The number of hydrogen-bond donors (Lipinski definition) is 1. The Morgan fingerprint density at radius 2 is 1.90 bits per heavy atom. The van der Waals surface area contributed by atoms with Gasteiger partial charge in [-0.05, 0) is 35.4 Å². The Morgan fingerprint density at radius 1 is 1.14 bits per heavy atom. The Kier molecular flexibility index (Phi) is 4.54. The van der Waals surface area contributed by atoms with Crippen molar-refractivity contribution in [3.63, 3.8) is 0 Å². The fourth-order valence-corrected chi connectivity index (χ4v) is 5.21. The predicted octanol–water partition coefficient (Wildman–Crippen LogP) is 2.22. The molecule has 29 heavy (non-hydrogen) atoms. The lowest BCUT2D eigenvalue weighted by atomic mass is 10.0. The number of para-hydroxylation sites is 1. The van der Waals surface area contributed by atoms with Gasteiger partial charge >= 0.3 is 0 Å². The van der Waals surface area contributed by atoms with Crippen molar-refractivity contribution in [1.82, 2.24) is 14.7 Å². The molecule has 0 bridgehead atoms. The Balaban J connectivity index is 1.71. The monoisotopic (exact) mass is 408 g/mol. The number of hydrogen-bond acceptors (Lipinski definition) is 5. The lowest BCUT2D eigenvalue weighted by molar-refractivity contribution is 0.0298. The molecule has 1 saturated heterocycles. The molecule has 0 aliphatic carbocycles. The third-order valence-corrected chi connectivity index (χ3v) is 6.65. The molecule has 1 aromatic heterocycles. The Bertz CT molecular complexity index is 1080. The van der Waals surface area contributed by atoms with Crippen molar-refractivity contribution in [1.29, 1.82) is 0 Å². The van der Waals surface area contributed by atoms with Gasteiger partial charge in [-0.25, -0.2) is 4.68 Å². The van der Waals surface area contributed by atoms with E-state index in [0.29, 0.717) is 42.6 Å². The van der Waals surface area contributed by atoms with Gasteiger partial charge < -0.3 is 19.9 Å². The molecule has 5 rings (SSSR count). The highest BCUT2D eigenvalue weighted by Gasteiger charge is 2.37. The maximum Gasteiger partial charge on any atom is 0.275 e. The van der Waals surface area contributed by atoms with Crippen molar-refractivity contribution in [3.8, 4) is 16.9 Å². The van der Waals surface area contributed by atoms with E-state index in [1.165, 1.54) is 0 Å². The number of nitrogen functional groups attached to an aromatic ring is 1. The molecule has 1 atom stereocenters. The van der Waals surface area contributed by atoms with E-state index in [4.69, 9.17) is 15.6 Å². The van der Waals surface area contributed by atoms with Gasteiger partial charge in [0.05, 0.1) is 35.7 Å². The zero-order valence-electron chi connectivity index (χ0n) is 15.7. The van der Waals surface area contributed by atoms with Gasteiger partial charge in [0.25, 0.3) is 5.91 Å². The zero-order valence-corrected chi connectivity index (χ0v) is 16.5. The van der Waals surface area contributed by atoms with Gasteiger partial charge in [-0.1, -0.05) is 18.2 Å². The second-order valence-corrected chi connectivity index (χ2v) is 8.49. The van der Waals surface area contributed by atoms with E-state index in [1.54, 1.807) is 21.7 Å². The first kappa shape index (κ1) is 18.2. The summed E-state index contributed by atoms with van der Waals surface area (Å²) in [6.45, 7) is 2.09. The van der Waals surface area contributed by atoms with Crippen LogP contribution in [0.4, 0.5) is 5.69 Å². The van der Waals surface area contributed by atoms with Crippen LogP contribution in [0.1, 0.15) is 16.1 Å². The minimum Gasteiger partial charge on any atom is -0.611 e. The number of carbonyl (C=O) groups is 1. The van der Waals surface area contributed by atoms with Gasteiger partial charge in [0, 0.05) is 24.8 Å². The summed E-state index contributed by atoms with van der Waals surface area (Å²) in [6.07, 6.45) is 0. The number of ether oxygens (including phenoxy) is 1. The zero-order chi connectivity index (χ0) is 20.0. The Hall–Kier alpha value is -2.81. The fourth-order valence-electron chi connectivity index (χ4n) is 3.84. The van der Waals surface area contributed by atoms with Crippen LogP contribution in [0, 0.1) is 0 Å². The summed E-state index contributed by atoms with van der Waals surface area (Å²) >= 11 is -1.29. The van der Waals surface area contributed by atoms with Crippen molar-refractivity contribution in [2.75, 3.05) is 32.0 Å². The molecule has 3 aromatic rings. The molecule has 148 valence electrons. The van der Waals surface area contributed by atoms with Gasteiger partial charge in [0.1, 0.15) is 5.75 Å².